The van der Waals surface area contributed by atoms with Gasteiger partial charge in [0, 0.05) is 11.1 Å². The molecule has 0 aromatic heterocycles. The van der Waals surface area contributed by atoms with Gasteiger partial charge in [-0.1, -0.05) is 20.1 Å². The number of carbonyl (C=O) groups is 3. The normalized spacial score (nSPS) is 12.0. The third-order valence-corrected chi connectivity index (χ3v) is 3.85. The fraction of sp³-hybridized carbons (Fsp3) is 0.632. The van der Waals surface area contributed by atoms with Crippen molar-refractivity contribution in [1.82, 2.24) is 0 Å². The first-order chi connectivity index (χ1) is 12.1. The molecule has 1 unspecified atom stereocenters. The van der Waals surface area contributed by atoms with Crippen molar-refractivity contribution in [3.05, 3.63) is 24.3 Å². The van der Waals surface area contributed by atoms with Crippen LogP contribution in [-0.2, 0) is 33.3 Å². The van der Waals surface area contributed by atoms with Crippen molar-refractivity contribution in [1.29, 1.82) is 0 Å². The number of carbonyl (C=O) groups excluding carboxylic acids is 3. The molecule has 0 N–H and O–H groups in total. The van der Waals surface area contributed by atoms with Crippen LogP contribution in [0.4, 0.5) is 0 Å². The Hall–Kier alpha value is -2.15. The SMILES string of the molecule is C=C(C)C(=O)OCC(CC)(COCC(C)C(=O)OC)COC(=O)C(=C)C. The van der Waals surface area contributed by atoms with Crippen LogP contribution < -0.4 is 0 Å². The van der Waals surface area contributed by atoms with Crippen LogP contribution in [0.2, 0.25) is 0 Å². The van der Waals surface area contributed by atoms with Crippen molar-refractivity contribution in [2.75, 3.05) is 33.5 Å². The molecule has 26 heavy (non-hydrogen) atoms. The van der Waals surface area contributed by atoms with E-state index in [2.05, 4.69) is 17.9 Å². The highest BCUT2D eigenvalue weighted by Gasteiger charge is 2.33. The molecule has 0 bridgehead atoms. The van der Waals surface area contributed by atoms with Gasteiger partial charge in [0.2, 0.25) is 0 Å². The number of methoxy groups -OCH3 is 1. The summed E-state index contributed by atoms with van der Waals surface area (Å²) in [5, 5.41) is 0. The maximum absolute atomic E-state index is 11.7. The zero-order valence-electron chi connectivity index (χ0n) is 16.4. The zero-order chi connectivity index (χ0) is 20.3. The molecule has 0 rings (SSSR count). The lowest BCUT2D eigenvalue weighted by atomic mass is 9.88. The van der Waals surface area contributed by atoms with Gasteiger partial charge in [0.15, 0.2) is 0 Å². The Morgan fingerprint density at radius 3 is 1.77 bits per heavy atom. The van der Waals surface area contributed by atoms with E-state index in [1.54, 1.807) is 20.8 Å². The second-order valence-corrected chi connectivity index (χ2v) is 6.51. The smallest absolute Gasteiger partial charge is 0.333 e. The highest BCUT2D eigenvalue weighted by atomic mass is 16.6. The van der Waals surface area contributed by atoms with Crippen molar-refractivity contribution in [2.24, 2.45) is 11.3 Å². The summed E-state index contributed by atoms with van der Waals surface area (Å²) in [4.78, 5) is 34.9. The van der Waals surface area contributed by atoms with Crippen molar-refractivity contribution in [2.45, 2.75) is 34.1 Å². The lowest BCUT2D eigenvalue weighted by molar-refractivity contribution is -0.154. The molecule has 1 atom stereocenters. The van der Waals surface area contributed by atoms with Crippen molar-refractivity contribution in [3.8, 4) is 0 Å². The molecule has 0 spiro atoms. The van der Waals surface area contributed by atoms with E-state index in [0.717, 1.165) is 0 Å². The number of rotatable bonds is 12. The summed E-state index contributed by atoms with van der Waals surface area (Å²) in [7, 11) is 1.31. The Labute approximate surface area is 155 Å². The van der Waals surface area contributed by atoms with Gasteiger partial charge in [0.1, 0.15) is 13.2 Å². The van der Waals surface area contributed by atoms with Crippen molar-refractivity contribution >= 4 is 17.9 Å². The van der Waals surface area contributed by atoms with E-state index < -0.39 is 23.3 Å². The van der Waals surface area contributed by atoms with Crippen molar-refractivity contribution in [3.63, 3.8) is 0 Å². The van der Waals surface area contributed by atoms with E-state index in [0.29, 0.717) is 6.42 Å². The van der Waals surface area contributed by atoms with Gasteiger partial charge >= 0.3 is 17.9 Å². The second kappa shape index (κ2) is 11.5. The maximum atomic E-state index is 11.7. The van der Waals surface area contributed by atoms with Crippen LogP contribution in [0.5, 0.6) is 0 Å². The summed E-state index contributed by atoms with van der Waals surface area (Å²) in [5.41, 5.74) is -0.199. The summed E-state index contributed by atoms with van der Waals surface area (Å²) < 4.78 is 20.8. The third kappa shape index (κ3) is 8.29. The fourth-order valence-electron chi connectivity index (χ4n) is 1.84. The van der Waals surface area contributed by atoms with Crippen LogP contribution in [0.1, 0.15) is 34.1 Å². The number of hydrogen-bond acceptors (Lipinski definition) is 7. The quantitative estimate of drug-likeness (QED) is 0.296. The molecule has 7 heteroatoms. The molecule has 0 aliphatic heterocycles. The van der Waals surface area contributed by atoms with Crippen LogP contribution in [-0.4, -0.2) is 51.4 Å². The van der Waals surface area contributed by atoms with Gasteiger partial charge in [-0.15, -0.1) is 0 Å². The molecule has 0 saturated heterocycles. The third-order valence-electron chi connectivity index (χ3n) is 3.85. The van der Waals surface area contributed by atoms with Gasteiger partial charge in [-0.05, 0) is 27.2 Å². The van der Waals surface area contributed by atoms with Crippen LogP contribution in [0.25, 0.3) is 0 Å². The number of esters is 3. The van der Waals surface area contributed by atoms with E-state index in [9.17, 15) is 14.4 Å². The summed E-state index contributed by atoms with van der Waals surface area (Å²) in [6.07, 6.45) is 0.520. The van der Waals surface area contributed by atoms with Gasteiger partial charge in [-0.2, -0.15) is 0 Å². The lowest BCUT2D eigenvalue weighted by Crippen LogP contribution is -2.39. The van der Waals surface area contributed by atoms with Gasteiger partial charge in [0.25, 0.3) is 0 Å². The zero-order valence-corrected chi connectivity index (χ0v) is 16.4. The first-order valence-electron chi connectivity index (χ1n) is 8.39. The highest BCUT2D eigenvalue weighted by molar-refractivity contribution is 5.87. The molecule has 0 aromatic carbocycles. The fourth-order valence-corrected chi connectivity index (χ4v) is 1.84. The molecule has 7 nitrogen and oxygen atoms in total. The van der Waals surface area contributed by atoms with Gasteiger partial charge in [-0.3, -0.25) is 4.79 Å². The van der Waals surface area contributed by atoms with Crippen LogP contribution in [0, 0.1) is 11.3 Å². The average Bonchev–Trinajstić information content (AvgIpc) is 2.61. The largest absolute Gasteiger partial charge is 0.469 e. The molecule has 0 amide bonds. The predicted octanol–water partition coefficient (Wildman–Crippen LogP) is 2.45. The minimum Gasteiger partial charge on any atom is -0.469 e. The Kier molecular flexibility index (Phi) is 10.5. The predicted molar refractivity (Wildman–Crippen MR) is 96.3 cm³/mol. The molecule has 0 saturated carbocycles. The maximum Gasteiger partial charge on any atom is 0.333 e. The molecule has 148 valence electrons. The van der Waals surface area contributed by atoms with Gasteiger partial charge in [-0.25, -0.2) is 9.59 Å². The Bertz CT molecular complexity index is 506. The average molecular weight is 370 g/mol. The summed E-state index contributed by atoms with van der Waals surface area (Å²) >= 11 is 0. The molecule has 0 radical (unpaired) electrons. The summed E-state index contributed by atoms with van der Waals surface area (Å²) in [5.74, 6) is -1.88. The number of hydrogen-bond donors (Lipinski definition) is 0. The van der Waals surface area contributed by atoms with Crippen LogP contribution in [0.3, 0.4) is 0 Å². The first-order valence-corrected chi connectivity index (χ1v) is 8.39. The summed E-state index contributed by atoms with van der Waals surface area (Å²) in [6, 6.07) is 0. The molecule has 0 aromatic rings. The second-order valence-electron chi connectivity index (χ2n) is 6.51. The Morgan fingerprint density at radius 1 is 0.962 bits per heavy atom. The monoisotopic (exact) mass is 370 g/mol. The minimum absolute atomic E-state index is 0.00866. The molecular formula is C19H30O7. The minimum atomic E-state index is -0.744. The van der Waals surface area contributed by atoms with E-state index >= 15 is 0 Å². The van der Waals surface area contributed by atoms with E-state index in [1.165, 1.54) is 7.11 Å². The summed E-state index contributed by atoms with van der Waals surface area (Å²) in [6.45, 7) is 14.0. The van der Waals surface area contributed by atoms with Crippen LogP contribution >= 0.6 is 0 Å². The molecule has 0 heterocycles. The van der Waals surface area contributed by atoms with E-state index in [1.807, 2.05) is 6.92 Å². The molecule has 0 aliphatic carbocycles. The van der Waals surface area contributed by atoms with Crippen molar-refractivity contribution < 1.29 is 33.3 Å². The standard InChI is InChI=1S/C19H30O7/c1-8-19(11-25-16(20)13(2)3,12-26-17(21)14(4)5)10-24-9-15(6)18(22)23-7/h15H,2,4,8-12H2,1,3,5-7H3. The Balaban J connectivity index is 5.00. The number of ether oxygens (including phenoxy) is 4. The van der Waals surface area contributed by atoms with E-state index in [4.69, 9.17) is 14.2 Å². The van der Waals surface area contributed by atoms with Gasteiger partial charge in [0.05, 0.1) is 31.7 Å². The molecule has 0 fully saturated rings. The molecular weight excluding hydrogens is 340 g/mol. The molecule has 0 aliphatic rings. The first kappa shape index (κ1) is 23.9. The highest BCUT2D eigenvalue weighted by Crippen LogP contribution is 2.25. The van der Waals surface area contributed by atoms with Crippen LogP contribution in [0.15, 0.2) is 24.3 Å². The Morgan fingerprint density at radius 2 is 1.42 bits per heavy atom. The van der Waals surface area contributed by atoms with Gasteiger partial charge < -0.3 is 18.9 Å². The topological polar surface area (TPSA) is 88.1 Å². The lowest BCUT2D eigenvalue weighted by Gasteiger charge is -2.31. The van der Waals surface area contributed by atoms with E-state index in [-0.39, 0.29) is 43.5 Å².